The predicted molar refractivity (Wildman–Crippen MR) is 67.4 cm³/mol. The first-order chi connectivity index (χ1) is 7.92. The van der Waals surface area contributed by atoms with E-state index < -0.39 is 0 Å². The summed E-state index contributed by atoms with van der Waals surface area (Å²) in [6.07, 6.45) is 7.16. The molecule has 0 aliphatic heterocycles. The lowest BCUT2D eigenvalue weighted by atomic mass is 10.2. The van der Waals surface area contributed by atoms with Crippen molar-refractivity contribution in [3.8, 4) is 0 Å². The molecule has 0 aliphatic carbocycles. The summed E-state index contributed by atoms with van der Waals surface area (Å²) in [5, 5.41) is 4.61. The van der Waals surface area contributed by atoms with Gasteiger partial charge in [-0.25, -0.2) is 0 Å². The van der Waals surface area contributed by atoms with Gasteiger partial charge in [0.2, 0.25) is 0 Å². The highest BCUT2D eigenvalue weighted by atomic mass is 16.3. The van der Waals surface area contributed by atoms with Gasteiger partial charge in [0.15, 0.2) is 0 Å². The van der Waals surface area contributed by atoms with E-state index in [1.807, 2.05) is 31.4 Å². The molecule has 2 heteroatoms. The second-order valence-electron chi connectivity index (χ2n) is 3.79. The van der Waals surface area contributed by atoms with Gasteiger partial charge < -0.3 is 9.73 Å². The maximum Gasteiger partial charge on any atom is 0.134 e. The molecule has 84 valence electrons. The van der Waals surface area contributed by atoms with Crippen molar-refractivity contribution in [3.63, 3.8) is 0 Å². The molecular weight excluding hydrogens is 198 g/mol. The monoisotopic (exact) mass is 215 g/mol. The maximum absolute atomic E-state index is 5.47. The van der Waals surface area contributed by atoms with Crippen LogP contribution in [0.5, 0.6) is 0 Å². The van der Waals surface area contributed by atoms with Crippen LogP contribution in [0.15, 0.2) is 47.1 Å². The topological polar surface area (TPSA) is 25.2 Å². The van der Waals surface area contributed by atoms with E-state index in [-0.39, 0.29) is 0 Å². The molecule has 2 nitrogen and oxygen atoms in total. The fourth-order valence-corrected chi connectivity index (χ4v) is 1.74. The van der Waals surface area contributed by atoms with Crippen LogP contribution in [0.4, 0.5) is 0 Å². The van der Waals surface area contributed by atoms with Crippen molar-refractivity contribution >= 4 is 11.0 Å². The first-order valence-electron chi connectivity index (χ1n) is 5.69. The molecule has 0 radical (unpaired) electrons. The molecule has 0 bridgehead atoms. The van der Waals surface area contributed by atoms with Crippen molar-refractivity contribution < 1.29 is 4.42 Å². The molecule has 1 aromatic heterocycles. The van der Waals surface area contributed by atoms with Crippen LogP contribution in [0.3, 0.4) is 0 Å². The summed E-state index contributed by atoms with van der Waals surface area (Å²) >= 11 is 0. The predicted octanol–water partition coefficient (Wildman–Crippen LogP) is 3.49. The number of allylic oxidation sites excluding steroid dienone is 1. The second-order valence-corrected chi connectivity index (χ2v) is 3.79. The number of rotatable bonds is 5. The van der Waals surface area contributed by atoms with Crippen LogP contribution in [-0.2, 0) is 6.54 Å². The van der Waals surface area contributed by atoms with Crippen molar-refractivity contribution in [1.82, 2.24) is 5.32 Å². The van der Waals surface area contributed by atoms with Crippen LogP contribution < -0.4 is 5.32 Å². The number of hydrogen-bond donors (Lipinski definition) is 1. The van der Waals surface area contributed by atoms with Crippen LogP contribution in [0.25, 0.3) is 11.0 Å². The van der Waals surface area contributed by atoms with Crippen molar-refractivity contribution in [2.45, 2.75) is 19.9 Å². The van der Waals surface area contributed by atoms with Gasteiger partial charge in [0.1, 0.15) is 5.58 Å². The lowest BCUT2D eigenvalue weighted by Crippen LogP contribution is -2.13. The minimum atomic E-state index is 0.870. The standard InChI is InChI=1S/C14H17NO/c1-2-3-6-9-15-10-12-11-16-14-8-5-4-7-13(12)14/h2-5,7-8,11,15H,6,9-10H2,1H3/b3-2+. The zero-order chi connectivity index (χ0) is 11.2. The van der Waals surface area contributed by atoms with E-state index in [9.17, 15) is 0 Å². The van der Waals surface area contributed by atoms with Gasteiger partial charge in [-0.3, -0.25) is 0 Å². The molecule has 0 spiro atoms. The Morgan fingerprint density at radius 3 is 3.06 bits per heavy atom. The van der Waals surface area contributed by atoms with E-state index >= 15 is 0 Å². The Kier molecular flexibility index (Phi) is 3.78. The van der Waals surface area contributed by atoms with Crippen molar-refractivity contribution in [2.75, 3.05) is 6.54 Å². The summed E-state index contributed by atoms with van der Waals surface area (Å²) < 4.78 is 5.47. The molecular formula is C14H17NO. The summed E-state index contributed by atoms with van der Waals surface area (Å²) in [7, 11) is 0. The average Bonchev–Trinajstić information content (AvgIpc) is 2.73. The van der Waals surface area contributed by atoms with Crippen molar-refractivity contribution in [2.24, 2.45) is 0 Å². The van der Waals surface area contributed by atoms with Crippen molar-refractivity contribution in [3.05, 3.63) is 48.2 Å². The smallest absolute Gasteiger partial charge is 0.134 e. The zero-order valence-corrected chi connectivity index (χ0v) is 9.57. The highest BCUT2D eigenvalue weighted by Crippen LogP contribution is 2.20. The van der Waals surface area contributed by atoms with E-state index in [1.54, 1.807) is 0 Å². The van der Waals surface area contributed by atoms with Gasteiger partial charge in [-0.15, -0.1) is 0 Å². The Hall–Kier alpha value is -1.54. The molecule has 1 N–H and O–H groups in total. The third-order valence-corrected chi connectivity index (χ3v) is 2.60. The number of nitrogens with one attached hydrogen (secondary N) is 1. The highest BCUT2D eigenvalue weighted by Gasteiger charge is 2.03. The number of fused-ring (bicyclic) bond motifs is 1. The minimum Gasteiger partial charge on any atom is -0.464 e. The fourth-order valence-electron chi connectivity index (χ4n) is 1.74. The quantitative estimate of drug-likeness (QED) is 0.610. The van der Waals surface area contributed by atoms with Crippen molar-refractivity contribution in [1.29, 1.82) is 0 Å². The van der Waals surface area contributed by atoms with Crippen LogP contribution in [0, 0.1) is 0 Å². The SMILES string of the molecule is C/C=C/CCNCc1coc2ccccc12. The largest absolute Gasteiger partial charge is 0.464 e. The van der Waals surface area contributed by atoms with Gasteiger partial charge in [-0.1, -0.05) is 30.4 Å². The molecule has 1 aromatic carbocycles. The molecule has 0 fully saturated rings. The Bertz CT molecular complexity index is 470. The van der Waals surface area contributed by atoms with Gasteiger partial charge in [-0.05, 0) is 26.0 Å². The lowest BCUT2D eigenvalue weighted by molar-refractivity contribution is 0.602. The molecule has 1 heterocycles. The molecule has 0 atom stereocenters. The molecule has 2 rings (SSSR count). The summed E-state index contributed by atoms with van der Waals surface area (Å²) in [6.45, 7) is 3.92. The van der Waals surface area contributed by atoms with Crippen LogP contribution in [0.2, 0.25) is 0 Å². The van der Waals surface area contributed by atoms with E-state index in [0.29, 0.717) is 0 Å². The number of furan rings is 1. The highest BCUT2D eigenvalue weighted by molar-refractivity contribution is 5.80. The summed E-state index contributed by atoms with van der Waals surface area (Å²) in [4.78, 5) is 0. The Morgan fingerprint density at radius 2 is 2.19 bits per heavy atom. The zero-order valence-electron chi connectivity index (χ0n) is 9.57. The summed E-state index contributed by atoms with van der Waals surface area (Å²) in [5.74, 6) is 0. The van der Waals surface area contributed by atoms with Gasteiger partial charge in [0.05, 0.1) is 6.26 Å². The van der Waals surface area contributed by atoms with Gasteiger partial charge in [0, 0.05) is 17.5 Å². The van der Waals surface area contributed by atoms with Gasteiger partial charge in [0.25, 0.3) is 0 Å². The van der Waals surface area contributed by atoms with E-state index in [1.165, 1.54) is 10.9 Å². The normalized spacial score (nSPS) is 11.6. The van der Waals surface area contributed by atoms with Crippen LogP contribution in [0.1, 0.15) is 18.9 Å². The third kappa shape index (κ3) is 2.52. The third-order valence-electron chi connectivity index (χ3n) is 2.60. The second kappa shape index (κ2) is 5.52. The Morgan fingerprint density at radius 1 is 1.31 bits per heavy atom. The van der Waals surface area contributed by atoms with Gasteiger partial charge in [-0.2, -0.15) is 0 Å². The molecule has 0 saturated heterocycles. The molecule has 0 amide bonds. The minimum absolute atomic E-state index is 0.870. The average molecular weight is 215 g/mol. The summed E-state index contributed by atoms with van der Waals surface area (Å²) in [5.41, 5.74) is 2.20. The molecule has 2 aromatic rings. The van der Waals surface area contributed by atoms with E-state index in [4.69, 9.17) is 4.42 Å². The molecule has 0 aliphatic rings. The van der Waals surface area contributed by atoms with Crippen LogP contribution >= 0.6 is 0 Å². The number of hydrogen-bond acceptors (Lipinski definition) is 2. The maximum atomic E-state index is 5.47. The first-order valence-corrected chi connectivity index (χ1v) is 5.69. The Labute approximate surface area is 96.0 Å². The van der Waals surface area contributed by atoms with E-state index in [2.05, 4.69) is 23.5 Å². The Balaban J connectivity index is 1.94. The fraction of sp³-hybridized carbons (Fsp3) is 0.286. The van der Waals surface area contributed by atoms with Crippen LogP contribution in [-0.4, -0.2) is 6.54 Å². The number of para-hydroxylation sites is 1. The molecule has 16 heavy (non-hydrogen) atoms. The first kappa shape index (κ1) is 11.0. The lowest BCUT2D eigenvalue weighted by Gasteiger charge is -2.00. The number of benzene rings is 1. The molecule has 0 saturated carbocycles. The van der Waals surface area contributed by atoms with E-state index in [0.717, 1.165) is 25.1 Å². The summed E-state index contributed by atoms with van der Waals surface area (Å²) in [6, 6.07) is 8.14. The molecule has 0 unspecified atom stereocenters. The van der Waals surface area contributed by atoms with Gasteiger partial charge >= 0.3 is 0 Å².